The molecule has 4 aromatic rings. The lowest BCUT2D eigenvalue weighted by atomic mass is 10.1. The highest BCUT2D eigenvalue weighted by atomic mass is 15.3. The molecule has 1 aromatic carbocycles. The number of aromatic nitrogens is 6. The van der Waals surface area contributed by atoms with Gasteiger partial charge in [-0.3, -0.25) is 4.68 Å². The molecule has 0 unspecified atom stereocenters. The fourth-order valence-corrected chi connectivity index (χ4v) is 3.03. The number of nitrogens with zero attached hydrogens (tertiary/aromatic N) is 6. The van der Waals surface area contributed by atoms with E-state index in [1.165, 1.54) is 5.56 Å². The van der Waals surface area contributed by atoms with Crippen LogP contribution in [-0.2, 0) is 13.6 Å². The van der Waals surface area contributed by atoms with Gasteiger partial charge in [0.15, 0.2) is 5.65 Å². The standard InChI is InChI=1S/C18H19N7/c1-12-6-14(4-5-17(12)25-11-19-10-22-25)8-20-15-7-16-13(2)23-24(3)18(16)21-9-15/h4-7,9-11,20H,8H2,1-3H3. The third-order valence-electron chi connectivity index (χ3n) is 4.29. The van der Waals surface area contributed by atoms with Crippen molar-refractivity contribution in [1.29, 1.82) is 0 Å². The number of fused-ring (bicyclic) bond motifs is 1. The van der Waals surface area contributed by atoms with Crippen molar-refractivity contribution in [3.63, 3.8) is 0 Å². The van der Waals surface area contributed by atoms with Gasteiger partial charge in [-0.25, -0.2) is 14.6 Å². The van der Waals surface area contributed by atoms with Crippen LogP contribution in [0.4, 0.5) is 5.69 Å². The Morgan fingerprint density at radius 1 is 1.16 bits per heavy atom. The highest BCUT2D eigenvalue weighted by Gasteiger charge is 2.07. The third-order valence-corrected chi connectivity index (χ3v) is 4.29. The second-order valence-corrected chi connectivity index (χ2v) is 6.12. The number of hydrogen-bond acceptors (Lipinski definition) is 5. The quantitative estimate of drug-likeness (QED) is 0.622. The number of rotatable bonds is 4. The van der Waals surface area contributed by atoms with Crippen LogP contribution < -0.4 is 5.32 Å². The molecule has 0 amide bonds. The second-order valence-electron chi connectivity index (χ2n) is 6.12. The van der Waals surface area contributed by atoms with Crippen LogP contribution in [0.1, 0.15) is 16.8 Å². The normalized spacial score (nSPS) is 11.2. The average Bonchev–Trinajstić information content (AvgIpc) is 3.22. The largest absolute Gasteiger partial charge is 0.380 e. The molecule has 3 heterocycles. The Bertz CT molecular complexity index is 1030. The van der Waals surface area contributed by atoms with Crippen LogP contribution in [-0.4, -0.2) is 29.5 Å². The van der Waals surface area contributed by atoms with E-state index < -0.39 is 0 Å². The second kappa shape index (κ2) is 6.01. The summed E-state index contributed by atoms with van der Waals surface area (Å²) in [4.78, 5) is 8.50. The Balaban J connectivity index is 1.53. The highest BCUT2D eigenvalue weighted by molar-refractivity contribution is 5.81. The lowest BCUT2D eigenvalue weighted by Crippen LogP contribution is -2.03. The molecule has 0 aliphatic carbocycles. The molecule has 25 heavy (non-hydrogen) atoms. The van der Waals surface area contributed by atoms with Crippen molar-refractivity contribution < 1.29 is 0 Å². The van der Waals surface area contributed by atoms with E-state index in [1.807, 2.05) is 20.2 Å². The number of nitrogens with one attached hydrogen (secondary N) is 1. The molecule has 3 aromatic heterocycles. The minimum atomic E-state index is 0.727. The van der Waals surface area contributed by atoms with E-state index in [2.05, 4.69) is 56.7 Å². The Hall–Kier alpha value is -3.22. The number of benzene rings is 1. The summed E-state index contributed by atoms with van der Waals surface area (Å²) in [6.45, 7) is 4.80. The molecule has 0 aliphatic heterocycles. The van der Waals surface area contributed by atoms with Crippen molar-refractivity contribution in [2.24, 2.45) is 7.05 Å². The molecule has 1 N–H and O–H groups in total. The molecule has 4 rings (SSSR count). The summed E-state index contributed by atoms with van der Waals surface area (Å²) in [6.07, 6.45) is 5.09. The van der Waals surface area contributed by atoms with Crippen molar-refractivity contribution in [2.75, 3.05) is 5.32 Å². The minimum Gasteiger partial charge on any atom is -0.380 e. The van der Waals surface area contributed by atoms with Crippen molar-refractivity contribution >= 4 is 16.7 Å². The lowest BCUT2D eigenvalue weighted by Gasteiger charge is -2.10. The van der Waals surface area contributed by atoms with Crippen molar-refractivity contribution in [2.45, 2.75) is 20.4 Å². The van der Waals surface area contributed by atoms with E-state index >= 15 is 0 Å². The maximum absolute atomic E-state index is 4.50. The minimum absolute atomic E-state index is 0.727. The van der Waals surface area contributed by atoms with E-state index in [4.69, 9.17) is 0 Å². The number of pyridine rings is 1. The van der Waals surface area contributed by atoms with Gasteiger partial charge < -0.3 is 5.32 Å². The first-order chi connectivity index (χ1) is 12.1. The third kappa shape index (κ3) is 2.84. The van der Waals surface area contributed by atoms with Gasteiger partial charge in [-0.15, -0.1) is 0 Å². The summed E-state index contributed by atoms with van der Waals surface area (Å²) >= 11 is 0. The molecular weight excluding hydrogens is 314 g/mol. The molecule has 0 spiro atoms. The molecule has 126 valence electrons. The van der Waals surface area contributed by atoms with Gasteiger partial charge in [0.25, 0.3) is 0 Å². The number of hydrogen-bond donors (Lipinski definition) is 1. The molecule has 0 saturated carbocycles. The van der Waals surface area contributed by atoms with Crippen LogP contribution in [0.5, 0.6) is 0 Å². The summed E-state index contributed by atoms with van der Waals surface area (Å²) in [6, 6.07) is 8.42. The van der Waals surface area contributed by atoms with Gasteiger partial charge in [0.1, 0.15) is 12.7 Å². The summed E-state index contributed by atoms with van der Waals surface area (Å²) < 4.78 is 3.58. The summed E-state index contributed by atoms with van der Waals surface area (Å²) in [5.74, 6) is 0. The zero-order valence-corrected chi connectivity index (χ0v) is 14.4. The highest BCUT2D eigenvalue weighted by Crippen LogP contribution is 2.20. The predicted molar refractivity (Wildman–Crippen MR) is 96.7 cm³/mol. The van der Waals surface area contributed by atoms with Gasteiger partial charge in [-0.1, -0.05) is 12.1 Å². The van der Waals surface area contributed by atoms with E-state index in [9.17, 15) is 0 Å². The molecular formula is C18H19N7. The molecule has 0 atom stereocenters. The monoisotopic (exact) mass is 333 g/mol. The Kier molecular flexibility index (Phi) is 3.68. The van der Waals surface area contributed by atoms with Crippen molar-refractivity contribution in [3.8, 4) is 5.69 Å². The first-order valence-electron chi connectivity index (χ1n) is 8.09. The number of aryl methyl sites for hydroxylation is 3. The van der Waals surface area contributed by atoms with Crippen LogP contribution >= 0.6 is 0 Å². The average molecular weight is 333 g/mol. The predicted octanol–water partition coefficient (Wildman–Crippen LogP) is 2.78. The van der Waals surface area contributed by atoms with E-state index in [0.717, 1.165) is 40.2 Å². The molecule has 7 nitrogen and oxygen atoms in total. The molecule has 7 heteroatoms. The molecule has 0 fully saturated rings. The Labute approximate surface area is 145 Å². The SMILES string of the molecule is Cc1cc(CNc2cnc3c(c2)c(C)nn3C)ccc1-n1cncn1. The van der Waals surface area contributed by atoms with Crippen LogP contribution in [0.15, 0.2) is 43.1 Å². The van der Waals surface area contributed by atoms with Crippen molar-refractivity contribution in [3.05, 3.63) is 59.9 Å². The number of anilines is 1. The summed E-state index contributed by atoms with van der Waals surface area (Å²) in [7, 11) is 1.91. The zero-order valence-electron chi connectivity index (χ0n) is 14.4. The fraction of sp³-hybridized carbons (Fsp3) is 0.222. The smallest absolute Gasteiger partial charge is 0.157 e. The van der Waals surface area contributed by atoms with Crippen LogP contribution in [0.25, 0.3) is 16.7 Å². The van der Waals surface area contributed by atoms with Crippen LogP contribution in [0.2, 0.25) is 0 Å². The van der Waals surface area contributed by atoms with Gasteiger partial charge in [0.05, 0.1) is 23.3 Å². The molecule has 0 aliphatic rings. The topological polar surface area (TPSA) is 73.5 Å². The van der Waals surface area contributed by atoms with Gasteiger partial charge in [-0.2, -0.15) is 10.2 Å². The first kappa shape index (κ1) is 15.3. The Morgan fingerprint density at radius 2 is 2.04 bits per heavy atom. The first-order valence-corrected chi connectivity index (χ1v) is 8.09. The maximum atomic E-state index is 4.50. The van der Waals surface area contributed by atoms with E-state index in [-0.39, 0.29) is 0 Å². The van der Waals surface area contributed by atoms with E-state index in [0.29, 0.717) is 0 Å². The van der Waals surface area contributed by atoms with Crippen molar-refractivity contribution in [1.82, 2.24) is 29.5 Å². The maximum Gasteiger partial charge on any atom is 0.157 e. The summed E-state index contributed by atoms with van der Waals surface area (Å²) in [5, 5.41) is 13.1. The zero-order chi connectivity index (χ0) is 17.4. The summed E-state index contributed by atoms with van der Waals surface area (Å²) in [5.41, 5.74) is 6.26. The molecule has 0 saturated heterocycles. The van der Waals surface area contributed by atoms with Gasteiger partial charge in [0.2, 0.25) is 0 Å². The fourth-order valence-electron chi connectivity index (χ4n) is 3.03. The molecule has 0 bridgehead atoms. The molecule has 0 radical (unpaired) electrons. The van der Waals surface area contributed by atoms with Gasteiger partial charge >= 0.3 is 0 Å². The van der Waals surface area contributed by atoms with E-state index in [1.54, 1.807) is 22.0 Å². The van der Waals surface area contributed by atoms with Crippen LogP contribution in [0, 0.1) is 13.8 Å². The van der Waals surface area contributed by atoms with Gasteiger partial charge in [0, 0.05) is 19.0 Å². The van der Waals surface area contributed by atoms with Gasteiger partial charge in [-0.05, 0) is 37.1 Å². The van der Waals surface area contributed by atoms with Crippen LogP contribution in [0.3, 0.4) is 0 Å². The lowest BCUT2D eigenvalue weighted by molar-refractivity contribution is 0.774. The Morgan fingerprint density at radius 3 is 2.80 bits per heavy atom.